The number of nitrogens with zero attached hydrogens (tertiary/aromatic N) is 1. The second kappa shape index (κ2) is 8.31. The standard InChI is InChI=1S/C25H23FN2O/c1-2-18-9-13-22(14-10-18)27-25(29)15-20-17-28(24-6-4-3-5-23(20)24)16-19-7-11-21(26)12-8-19/h3-14,17H,2,15-16H2,1H3,(H,27,29). The van der Waals surface area contributed by atoms with Gasteiger partial charge in [-0.05, 0) is 53.4 Å². The summed E-state index contributed by atoms with van der Waals surface area (Å²) in [6, 6.07) is 22.5. The summed E-state index contributed by atoms with van der Waals surface area (Å²) in [5, 5.41) is 4.04. The molecule has 1 aromatic heterocycles. The molecule has 0 saturated heterocycles. The van der Waals surface area contributed by atoms with E-state index in [0.29, 0.717) is 13.0 Å². The van der Waals surface area contributed by atoms with Gasteiger partial charge in [0, 0.05) is 29.3 Å². The van der Waals surface area contributed by atoms with Crippen LogP contribution in [-0.2, 0) is 24.2 Å². The molecular weight excluding hydrogens is 363 g/mol. The fraction of sp³-hybridized carbons (Fsp3) is 0.160. The van der Waals surface area contributed by atoms with Crippen molar-refractivity contribution in [2.45, 2.75) is 26.3 Å². The molecule has 0 unspecified atom stereocenters. The number of carbonyl (C=O) groups excluding carboxylic acids is 1. The second-order valence-electron chi connectivity index (χ2n) is 7.20. The van der Waals surface area contributed by atoms with Gasteiger partial charge in [-0.15, -0.1) is 0 Å². The van der Waals surface area contributed by atoms with Gasteiger partial charge >= 0.3 is 0 Å². The smallest absolute Gasteiger partial charge is 0.228 e. The van der Waals surface area contributed by atoms with Gasteiger partial charge in [0.1, 0.15) is 5.82 Å². The SMILES string of the molecule is CCc1ccc(NC(=O)Cc2cn(Cc3ccc(F)cc3)c3ccccc23)cc1. The molecule has 4 aromatic rings. The second-order valence-corrected chi connectivity index (χ2v) is 7.20. The van der Waals surface area contributed by atoms with Crippen molar-refractivity contribution >= 4 is 22.5 Å². The van der Waals surface area contributed by atoms with Crippen molar-refractivity contribution in [1.29, 1.82) is 0 Å². The molecule has 3 aromatic carbocycles. The van der Waals surface area contributed by atoms with Crippen molar-refractivity contribution in [1.82, 2.24) is 4.57 Å². The Hall–Kier alpha value is -3.40. The van der Waals surface area contributed by atoms with E-state index in [9.17, 15) is 9.18 Å². The fourth-order valence-corrected chi connectivity index (χ4v) is 3.58. The highest BCUT2D eigenvalue weighted by molar-refractivity contribution is 5.96. The lowest BCUT2D eigenvalue weighted by molar-refractivity contribution is -0.115. The summed E-state index contributed by atoms with van der Waals surface area (Å²) >= 11 is 0. The molecule has 0 aliphatic carbocycles. The Bertz CT molecular complexity index is 1130. The number of para-hydroxylation sites is 1. The number of benzene rings is 3. The van der Waals surface area contributed by atoms with Crippen LogP contribution in [0, 0.1) is 5.82 Å². The number of amides is 1. The van der Waals surface area contributed by atoms with E-state index >= 15 is 0 Å². The molecule has 4 rings (SSSR count). The molecule has 1 heterocycles. The number of halogens is 1. The van der Waals surface area contributed by atoms with Crippen molar-refractivity contribution in [3.05, 3.63) is 102 Å². The van der Waals surface area contributed by atoms with Crippen molar-refractivity contribution < 1.29 is 9.18 Å². The number of aromatic nitrogens is 1. The molecule has 0 aliphatic rings. The molecule has 0 atom stereocenters. The van der Waals surface area contributed by atoms with Crippen LogP contribution in [0.3, 0.4) is 0 Å². The molecular formula is C25H23FN2O. The van der Waals surface area contributed by atoms with Crippen LogP contribution in [0.15, 0.2) is 79.0 Å². The van der Waals surface area contributed by atoms with Crippen LogP contribution in [0.4, 0.5) is 10.1 Å². The van der Waals surface area contributed by atoms with Crippen molar-refractivity contribution in [2.24, 2.45) is 0 Å². The van der Waals surface area contributed by atoms with Crippen molar-refractivity contribution in [3.63, 3.8) is 0 Å². The normalized spacial score (nSPS) is 11.0. The highest BCUT2D eigenvalue weighted by Gasteiger charge is 2.12. The van der Waals surface area contributed by atoms with Crippen molar-refractivity contribution in [2.75, 3.05) is 5.32 Å². The Morgan fingerprint density at radius 3 is 2.34 bits per heavy atom. The maximum absolute atomic E-state index is 13.2. The highest BCUT2D eigenvalue weighted by atomic mass is 19.1. The average molecular weight is 386 g/mol. The number of rotatable bonds is 6. The summed E-state index contributed by atoms with van der Waals surface area (Å²) < 4.78 is 15.3. The van der Waals surface area contributed by atoms with E-state index in [1.807, 2.05) is 54.7 Å². The third-order valence-corrected chi connectivity index (χ3v) is 5.13. The van der Waals surface area contributed by atoms with Gasteiger partial charge in [-0.2, -0.15) is 0 Å². The quantitative estimate of drug-likeness (QED) is 0.462. The van der Waals surface area contributed by atoms with Crippen LogP contribution >= 0.6 is 0 Å². The summed E-state index contributed by atoms with van der Waals surface area (Å²) in [5.41, 5.74) is 5.10. The van der Waals surface area contributed by atoms with Crippen LogP contribution in [0.25, 0.3) is 10.9 Å². The maximum Gasteiger partial charge on any atom is 0.228 e. The zero-order valence-corrected chi connectivity index (χ0v) is 16.4. The fourth-order valence-electron chi connectivity index (χ4n) is 3.58. The van der Waals surface area contributed by atoms with Crippen LogP contribution in [-0.4, -0.2) is 10.5 Å². The number of carbonyl (C=O) groups is 1. The Labute approximate surface area is 169 Å². The summed E-state index contributed by atoms with van der Waals surface area (Å²) in [4.78, 5) is 12.6. The van der Waals surface area contributed by atoms with Gasteiger partial charge in [-0.1, -0.05) is 49.4 Å². The predicted octanol–water partition coefficient (Wildman–Crippen LogP) is 5.57. The van der Waals surface area contributed by atoms with E-state index in [0.717, 1.165) is 34.1 Å². The molecule has 29 heavy (non-hydrogen) atoms. The Balaban J connectivity index is 1.55. The Kier molecular flexibility index (Phi) is 5.43. The van der Waals surface area contributed by atoms with Gasteiger partial charge < -0.3 is 9.88 Å². The van der Waals surface area contributed by atoms with Gasteiger partial charge in [0.15, 0.2) is 0 Å². The highest BCUT2D eigenvalue weighted by Crippen LogP contribution is 2.23. The zero-order chi connectivity index (χ0) is 20.2. The van der Waals surface area contributed by atoms with Crippen LogP contribution in [0.2, 0.25) is 0 Å². The van der Waals surface area contributed by atoms with E-state index in [1.165, 1.54) is 17.7 Å². The van der Waals surface area contributed by atoms with Gasteiger partial charge in [-0.3, -0.25) is 4.79 Å². The lowest BCUT2D eigenvalue weighted by Crippen LogP contribution is -2.14. The monoisotopic (exact) mass is 386 g/mol. The summed E-state index contributed by atoms with van der Waals surface area (Å²) in [6.45, 7) is 2.73. The number of hydrogen-bond donors (Lipinski definition) is 1. The van der Waals surface area contributed by atoms with Gasteiger partial charge in [-0.25, -0.2) is 4.39 Å². The molecule has 0 fully saturated rings. The number of aryl methyl sites for hydroxylation is 1. The molecule has 1 N–H and O–H groups in total. The van der Waals surface area contributed by atoms with E-state index in [1.54, 1.807) is 12.1 Å². The van der Waals surface area contributed by atoms with E-state index in [4.69, 9.17) is 0 Å². The maximum atomic E-state index is 13.2. The van der Waals surface area contributed by atoms with Gasteiger partial charge in [0.2, 0.25) is 5.91 Å². The van der Waals surface area contributed by atoms with Gasteiger partial charge in [0.25, 0.3) is 0 Å². The Morgan fingerprint density at radius 1 is 0.931 bits per heavy atom. The third kappa shape index (κ3) is 4.37. The largest absolute Gasteiger partial charge is 0.343 e. The number of nitrogens with one attached hydrogen (secondary N) is 1. The molecule has 0 bridgehead atoms. The van der Waals surface area contributed by atoms with E-state index in [2.05, 4.69) is 16.8 Å². The van der Waals surface area contributed by atoms with Crippen LogP contribution in [0.5, 0.6) is 0 Å². The average Bonchev–Trinajstić information content (AvgIpc) is 3.07. The number of hydrogen-bond acceptors (Lipinski definition) is 1. The lowest BCUT2D eigenvalue weighted by atomic mass is 10.1. The molecule has 0 aliphatic heterocycles. The summed E-state index contributed by atoms with van der Waals surface area (Å²) in [6.07, 6.45) is 3.29. The third-order valence-electron chi connectivity index (χ3n) is 5.13. The minimum atomic E-state index is -0.240. The van der Waals surface area contributed by atoms with E-state index in [-0.39, 0.29) is 11.7 Å². The van der Waals surface area contributed by atoms with E-state index < -0.39 is 0 Å². The molecule has 3 nitrogen and oxygen atoms in total. The molecule has 0 radical (unpaired) electrons. The minimum Gasteiger partial charge on any atom is -0.343 e. The van der Waals surface area contributed by atoms with Crippen LogP contribution < -0.4 is 5.32 Å². The predicted molar refractivity (Wildman–Crippen MR) is 116 cm³/mol. The van der Waals surface area contributed by atoms with Gasteiger partial charge in [0.05, 0.1) is 6.42 Å². The summed E-state index contributed by atoms with van der Waals surface area (Å²) in [7, 11) is 0. The molecule has 0 spiro atoms. The first-order valence-electron chi connectivity index (χ1n) is 9.82. The Morgan fingerprint density at radius 2 is 1.62 bits per heavy atom. The number of anilines is 1. The molecule has 4 heteroatoms. The first kappa shape index (κ1) is 18.9. The lowest BCUT2D eigenvalue weighted by Gasteiger charge is -2.06. The first-order valence-corrected chi connectivity index (χ1v) is 9.82. The summed E-state index contributed by atoms with van der Waals surface area (Å²) in [5.74, 6) is -0.283. The molecule has 0 saturated carbocycles. The minimum absolute atomic E-state index is 0.0427. The molecule has 1 amide bonds. The zero-order valence-electron chi connectivity index (χ0n) is 16.4. The van der Waals surface area contributed by atoms with Crippen LogP contribution in [0.1, 0.15) is 23.6 Å². The number of fused-ring (bicyclic) bond motifs is 1. The topological polar surface area (TPSA) is 34.0 Å². The van der Waals surface area contributed by atoms with Crippen molar-refractivity contribution in [3.8, 4) is 0 Å². The first-order chi connectivity index (χ1) is 14.1. The molecule has 146 valence electrons.